The van der Waals surface area contributed by atoms with Gasteiger partial charge >= 0.3 is 5.97 Å². The van der Waals surface area contributed by atoms with Gasteiger partial charge in [-0.1, -0.05) is 6.07 Å². The zero-order valence-corrected chi connectivity index (χ0v) is 11.1. The van der Waals surface area contributed by atoms with E-state index in [1.165, 1.54) is 5.56 Å². The summed E-state index contributed by atoms with van der Waals surface area (Å²) < 4.78 is 6.19. The molecule has 1 aromatic carbocycles. The summed E-state index contributed by atoms with van der Waals surface area (Å²) in [4.78, 5) is 12.9. The minimum absolute atomic E-state index is 0.386. The molecule has 1 aliphatic heterocycles. The van der Waals surface area contributed by atoms with Gasteiger partial charge in [-0.3, -0.25) is 0 Å². The molecule has 0 aliphatic carbocycles. The lowest BCUT2D eigenvalue weighted by Gasteiger charge is -2.33. The van der Waals surface area contributed by atoms with E-state index in [2.05, 4.69) is 15.9 Å². The van der Waals surface area contributed by atoms with Crippen LogP contribution in [0.5, 0.6) is 0 Å². The lowest BCUT2D eigenvalue weighted by atomic mass is 10.2. The molecule has 1 unspecified atom stereocenters. The fraction of sp³-hybridized carbons (Fsp3) is 0.417. The first kappa shape index (κ1) is 12.4. The van der Waals surface area contributed by atoms with Crippen molar-refractivity contribution in [2.45, 2.75) is 13.0 Å². The molecule has 0 saturated carbocycles. The maximum atomic E-state index is 10.9. The van der Waals surface area contributed by atoms with E-state index in [1.54, 1.807) is 0 Å². The van der Waals surface area contributed by atoms with E-state index >= 15 is 0 Å². The Balaban J connectivity index is 2.19. The van der Waals surface area contributed by atoms with Crippen LogP contribution < -0.4 is 4.90 Å². The molecule has 1 N–H and O–H groups in total. The molecule has 4 nitrogen and oxygen atoms in total. The van der Waals surface area contributed by atoms with E-state index in [1.807, 2.05) is 30.0 Å². The van der Waals surface area contributed by atoms with E-state index in [0.29, 0.717) is 19.7 Å². The van der Waals surface area contributed by atoms with Gasteiger partial charge in [-0.25, -0.2) is 4.79 Å². The standard InChI is InChI=1S/C12H14BrNO3/c1-8-2-3-10(9(13)6-8)14-4-5-17-11(7-14)12(15)16/h2-3,6,11H,4-5,7H2,1H3,(H,15,16). The molecule has 17 heavy (non-hydrogen) atoms. The summed E-state index contributed by atoms with van der Waals surface area (Å²) >= 11 is 3.51. The Morgan fingerprint density at radius 3 is 3.00 bits per heavy atom. The summed E-state index contributed by atoms with van der Waals surface area (Å²) in [6, 6.07) is 6.05. The zero-order chi connectivity index (χ0) is 12.4. The molecular weight excluding hydrogens is 286 g/mol. The van der Waals surface area contributed by atoms with Crippen LogP contribution in [0, 0.1) is 6.92 Å². The van der Waals surface area contributed by atoms with Crippen molar-refractivity contribution in [2.24, 2.45) is 0 Å². The van der Waals surface area contributed by atoms with Crippen molar-refractivity contribution < 1.29 is 14.6 Å². The Morgan fingerprint density at radius 2 is 2.35 bits per heavy atom. The molecule has 1 atom stereocenters. The van der Waals surface area contributed by atoms with Crippen molar-refractivity contribution in [3.63, 3.8) is 0 Å². The topological polar surface area (TPSA) is 49.8 Å². The van der Waals surface area contributed by atoms with Crippen molar-refractivity contribution in [1.29, 1.82) is 0 Å². The molecule has 0 bridgehead atoms. The van der Waals surface area contributed by atoms with Crippen LogP contribution >= 0.6 is 15.9 Å². The molecule has 0 amide bonds. The van der Waals surface area contributed by atoms with Gasteiger partial charge in [-0.2, -0.15) is 0 Å². The zero-order valence-electron chi connectivity index (χ0n) is 9.52. The summed E-state index contributed by atoms with van der Waals surface area (Å²) in [5.74, 6) is -0.905. The summed E-state index contributed by atoms with van der Waals surface area (Å²) in [6.45, 7) is 3.56. The van der Waals surface area contributed by atoms with E-state index in [4.69, 9.17) is 9.84 Å². The summed E-state index contributed by atoms with van der Waals surface area (Å²) in [5.41, 5.74) is 2.19. The van der Waals surface area contributed by atoms with Gasteiger partial charge < -0.3 is 14.7 Å². The van der Waals surface area contributed by atoms with E-state index < -0.39 is 12.1 Å². The smallest absolute Gasteiger partial charge is 0.334 e. The first-order valence-corrected chi connectivity index (χ1v) is 6.23. The van der Waals surface area contributed by atoms with E-state index in [-0.39, 0.29) is 0 Å². The third-order valence-electron chi connectivity index (χ3n) is 2.79. The number of carboxylic acid groups (broad SMARTS) is 1. The molecule has 0 spiro atoms. The third-order valence-corrected chi connectivity index (χ3v) is 3.42. The van der Waals surface area contributed by atoms with Crippen molar-refractivity contribution >= 4 is 27.6 Å². The molecule has 1 fully saturated rings. The highest BCUT2D eigenvalue weighted by Crippen LogP contribution is 2.28. The second kappa shape index (κ2) is 5.06. The molecule has 1 heterocycles. The van der Waals surface area contributed by atoms with Gasteiger partial charge in [-0.15, -0.1) is 0 Å². The van der Waals surface area contributed by atoms with Crippen molar-refractivity contribution in [3.05, 3.63) is 28.2 Å². The van der Waals surface area contributed by atoms with Crippen molar-refractivity contribution in [3.8, 4) is 0 Å². The Hall–Kier alpha value is -1.07. The lowest BCUT2D eigenvalue weighted by molar-refractivity contribution is -0.150. The minimum Gasteiger partial charge on any atom is -0.479 e. The maximum Gasteiger partial charge on any atom is 0.334 e. The molecule has 0 radical (unpaired) electrons. The number of carbonyl (C=O) groups is 1. The van der Waals surface area contributed by atoms with Gasteiger partial charge in [-0.05, 0) is 40.5 Å². The van der Waals surface area contributed by atoms with Gasteiger partial charge in [0.15, 0.2) is 6.10 Å². The third kappa shape index (κ3) is 2.79. The molecule has 2 rings (SSSR count). The molecule has 1 saturated heterocycles. The van der Waals surface area contributed by atoms with Gasteiger partial charge in [0.25, 0.3) is 0 Å². The fourth-order valence-corrected chi connectivity index (χ4v) is 2.63. The lowest BCUT2D eigenvalue weighted by Crippen LogP contribution is -2.46. The Kier molecular flexibility index (Phi) is 3.69. The van der Waals surface area contributed by atoms with E-state index in [9.17, 15) is 4.79 Å². The van der Waals surface area contributed by atoms with Crippen molar-refractivity contribution in [2.75, 3.05) is 24.6 Å². The molecule has 5 heteroatoms. The Labute approximate surface area is 108 Å². The van der Waals surface area contributed by atoms with Gasteiger partial charge in [0.05, 0.1) is 18.8 Å². The SMILES string of the molecule is Cc1ccc(N2CCOC(C(=O)O)C2)c(Br)c1. The number of aliphatic carboxylic acids is 1. The number of halogens is 1. The Morgan fingerprint density at radius 1 is 1.59 bits per heavy atom. The summed E-state index contributed by atoms with van der Waals surface area (Å²) in [7, 11) is 0. The first-order chi connectivity index (χ1) is 8.08. The summed E-state index contributed by atoms with van der Waals surface area (Å²) in [6.07, 6.45) is -0.739. The number of hydrogen-bond acceptors (Lipinski definition) is 3. The molecular formula is C12H14BrNO3. The molecule has 1 aromatic rings. The second-order valence-corrected chi connectivity index (χ2v) is 4.95. The van der Waals surface area contributed by atoms with Gasteiger partial charge in [0.2, 0.25) is 0 Å². The van der Waals surface area contributed by atoms with Crippen LogP contribution in [-0.4, -0.2) is 36.9 Å². The van der Waals surface area contributed by atoms with Gasteiger partial charge in [0.1, 0.15) is 0 Å². The molecule has 1 aliphatic rings. The highest BCUT2D eigenvalue weighted by Gasteiger charge is 2.27. The predicted octanol–water partition coefficient (Wildman–Crippen LogP) is 2.05. The van der Waals surface area contributed by atoms with Gasteiger partial charge in [0, 0.05) is 11.0 Å². The average Bonchev–Trinajstić information content (AvgIpc) is 2.29. The number of anilines is 1. The number of benzene rings is 1. The van der Waals surface area contributed by atoms with E-state index in [0.717, 1.165) is 10.2 Å². The average molecular weight is 300 g/mol. The van der Waals surface area contributed by atoms with Crippen LogP contribution in [0.4, 0.5) is 5.69 Å². The van der Waals surface area contributed by atoms with Crippen LogP contribution in [0.15, 0.2) is 22.7 Å². The molecule has 0 aromatic heterocycles. The number of carboxylic acids is 1. The maximum absolute atomic E-state index is 10.9. The fourth-order valence-electron chi connectivity index (χ4n) is 1.89. The summed E-state index contributed by atoms with van der Waals surface area (Å²) in [5, 5.41) is 8.95. The number of hydrogen-bond donors (Lipinski definition) is 1. The van der Waals surface area contributed by atoms with Crippen LogP contribution in [-0.2, 0) is 9.53 Å². The van der Waals surface area contributed by atoms with Crippen LogP contribution in [0.3, 0.4) is 0 Å². The number of morpholine rings is 1. The largest absolute Gasteiger partial charge is 0.479 e. The quantitative estimate of drug-likeness (QED) is 0.908. The monoisotopic (exact) mass is 299 g/mol. The van der Waals surface area contributed by atoms with Crippen LogP contribution in [0.25, 0.3) is 0 Å². The number of nitrogens with zero attached hydrogens (tertiary/aromatic N) is 1. The number of ether oxygens (including phenoxy) is 1. The minimum atomic E-state index is -0.905. The molecule has 92 valence electrons. The Bertz CT molecular complexity index is 436. The van der Waals surface area contributed by atoms with Crippen LogP contribution in [0.2, 0.25) is 0 Å². The first-order valence-electron chi connectivity index (χ1n) is 5.43. The second-order valence-electron chi connectivity index (χ2n) is 4.10. The highest BCUT2D eigenvalue weighted by molar-refractivity contribution is 9.10. The predicted molar refractivity (Wildman–Crippen MR) is 68.5 cm³/mol. The highest BCUT2D eigenvalue weighted by atomic mass is 79.9. The van der Waals surface area contributed by atoms with Crippen molar-refractivity contribution in [1.82, 2.24) is 0 Å². The normalized spacial score (nSPS) is 20.4. The van der Waals surface area contributed by atoms with Crippen LogP contribution in [0.1, 0.15) is 5.56 Å². The number of aryl methyl sites for hydroxylation is 1. The number of rotatable bonds is 2.